The van der Waals surface area contributed by atoms with Gasteiger partial charge in [0.2, 0.25) is 0 Å². The standard InChI is InChI=1S/C29H27FN2O6S/c1-4-6-16-37-21-13-9-19(10-14-21)24(33)22-23(18-7-11-20(30)12-8-18)32(27(35)25(22)34)29-31-17(3)26(39-29)28(36)38-15-5-2/h5,7-14,23,33H,2,4,6,15-16H2,1,3H3/t23-/m0/s1. The number of carbonyl (C=O) groups is 3. The van der Waals surface area contributed by atoms with Gasteiger partial charge in [0.1, 0.15) is 28.8 Å². The van der Waals surface area contributed by atoms with Crippen LogP contribution in [0.3, 0.4) is 0 Å². The molecule has 1 atom stereocenters. The van der Waals surface area contributed by atoms with Crippen LogP contribution >= 0.6 is 11.3 Å². The largest absolute Gasteiger partial charge is 0.507 e. The van der Waals surface area contributed by atoms with E-state index in [1.807, 2.05) is 0 Å². The second kappa shape index (κ2) is 12.0. The number of aromatic nitrogens is 1. The number of anilines is 1. The zero-order valence-electron chi connectivity index (χ0n) is 21.5. The lowest BCUT2D eigenvalue weighted by molar-refractivity contribution is -0.132. The predicted octanol–water partition coefficient (Wildman–Crippen LogP) is 5.74. The molecule has 1 fully saturated rings. The Labute approximate surface area is 229 Å². The molecule has 3 aromatic rings. The van der Waals surface area contributed by atoms with Gasteiger partial charge < -0.3 is 14.6 Å². The molecule has 8 nitrogen and oxygen atoms in total. The number of aliphatic hydroxyl groups excluding tert-OH is 1. The maximum atomic E-state index is 13.8. The highest BCUT2D eigenvalue weighted by Crippen LogP contribution is 2.44. The maximum absolute atomic E-state index is 13.8. The van der Waals surface area contributed by atoms with Crippen LogP contribution in [0.5, 0.6) is 5.75 Å². The molecule has 1 aromatic heterocycles. The summed E-state index contributed by atoms with van der Waals surface area (Å²) in [4.78, 5) is 44.8. The first-order chi connectivity index (χ1) is 18.8. The molecule has 1 amide bonds. The number of aryl methyl sites for hydroxylation is 1. The minimum atomic E-state index is -1.12. The zero-order chi connectivity index (χ0) is 28.1. The molecule has 202 valence electrons. The highest BCUT2D eigenvalue weighted by molar-refractivity contribution is 7.17. The first-order valence-electron chi connectivity index (χ1n) is 12.3. The Morgan fingerprint density at radius 2 is 1.87 bits per heavy atom. The number of ether oxygens (including phenoxy) is 2. The Hall–Kier alpha value is -4.31. The van der Waals surface area contributed by atoms with Gasteiger partial charge in [0.25, 0.3) is 5.78 Å². The number of ketones is 1. The summed E-state index contributed by atoms with van der Waals surface area (Å²) in [6, 6.07) is 10.6. The molecule has 0 unspecified atom stereocenters. The Morgan fingerprint density at radius 3 is 2.51 bits per heavy atom. The second-order valence-electron chi connectivity index (χ2n) is 8.75. The smallest absolute Gasteiger partial charge is 0.350 e. The summed E-state index contributed by atoms with van der Waals surface area (Å²) >= 11 is 0.882. The summed E-state index contributed by atoms with van der Waals surface area (Å²) in [5.41, 5.74) is 0.796. The van der Waals surface area contributed by atoms with Gasteiger partial charge in [-0.05, 0) is 55.3 Å². The molecule has 1 saturated heterocycles. The van der Waals surface area contributed by atoms with E-state index in [1.165, 1.54) is 30.3 Å². The van der Waals surface area contributed by atoms with Crippen LogP contribution in [0.15, 0.2) is 66.8 Å². The number of carbonyl (C=O) groups excluding carboxylic acids is 3. The molecule has 0 bridgehead atoms. The average Bonchev–Trinajstić information content (AvgIpc) is 3.44. The molecule has 1 aliphatic rings. The quantitative estimate of drug-likeness (QED) is 0.0857. The molecular formula is C29H27FN2O6S. The summed E-state index contributed by atoms with van der Waals surface area (Å²) in [5.74, 6) is -2.83. The van der Waals surface area contributed by atoms with Crippen molar-refractivity contribution in [2.24, 2.45) is 0 Å². The van der Waals surface area contributed by atoms with Gasteiger partial charge in [-0.1, -0.05) is 49.5 Å². The minimum absolute atomic E-state index is 0.00592. The third-order valence-electron chi connectivity index (χ3n) is 6.03. The number of thiazole rings is 1. The van der Waals surface area contributed by atoms with Crippen molar-refractivity contribution in [3.05, 3.63) is 94.3 Å². The van der Waals surface area contributed by atoms with E-state index < -0.39 is 35.3 Å². The number of nitrogens with zero attached hydrogens (tertiary/aromatic N) is 2. The fraction of sp³-hybridized carbons (Fsp3) is 0.241. The van der Waals surface area contributed by atoms with Gasteiger partial charge in [-0.25, -0.2) is 14.2 Å². The summed E-state index contributed by atoms with van der Waals surface area (Å²) in [6.07, 6.45) is 3.30. The zero-order valence-corrected chi connectivity index (χ0v) is 22.3. The van der Waals surface area contributed by atoms with Gasteiger partial charge in [-0.2, -0.15) is 0 Å². The molecule has 0 aliphatic carbocycles. The van der Waals surface area contributed by atoms with Gasteiger partial charge in [-0.3, -0.25) is 14.5 Å². The summed E-state index contributed by atoms with van der Waals surface area (Å²) < 4.78 is 24.5. The molecule has 0 radical (unpaired) electrons. The van der Waals surface area contributed by atoms with Gasteiger partial charge in [-0.15, -0.1) is 0 Å². The number of rotatable bonds is 10. The lowest BCUT2D eigenvalue weighted by Crippen LogP contribution is -2.29. The monoisotopic (exact) mass is 550 g/mol. The molecule has 1 aliphatic heterocycles. The van der Waals surface area contributed by atoms with Gasteiger partial charge in [0.15, 0.2) is 5.13 Å². The van der Waals surface area contributed by atoms with Crippen molar-refractivity contribution in [3.8, 4) is 5.75 Å². The molecule has 1 N–H and O–H groups in total. The maximum Gasteiger partial charge on any atom is 0.350 e. The number of esters is 1. The van der Waals surface area contributed by atoms with Crippen LogP contribution in [0.25, 0.3) is 5.76 Å². The third kappa shape index (κ3) is 5.75. The number of halogens is 1. The van der Waals surface area contributed by atoms with Crippen molar-refractivity contribution in [1.29, 1.82) is 0 Å². The Bertz CT molecular complexity index is 1430. The average molecular weight is 551 g/mol. The van der Waals surface area contributed by atoms with Crippen molar-refractivity contribution in [3.63, 3.8) is 0 Å². The highest BCUT2D eigenvalue weighted by atomic mass is 32.1. The van der Waals surface area contributed by atoms with Crippen molar-refractivity contribution in [1.82, 2.24) is 4.98 Å². The van der Waals surface area contributed by atoms with Crippen LogP contribution in [0.4, 0.5) is 9.52 Å². The Morgan fingerprint density at radius 1 is 1.18 bits per heavy atom. The van der Waals surface area contributed by atoms with E-state index in [0.29, 0.717) is 29.2 Å². The van der Waals surface area contributed by atoms with Crippen LogP contribution in [0.1, 0.15) is 52.3 Å². The van der Waals surface area contributed by atoms with Crippen molar-refractivity contribution >= 4 is 39.9 Å². The van der Waals surface area contributed by atoms with Gasteiger partial charge >= 0.3 is 11.9 Å². The summed E-state index contributed by atoms with van der Waals surface area (Å²) in [6.45, 7) is 7.69. The minimum Gasteiger partial charge on any atom is -0.507 e. The van der Waals surface area contributed by atoms with Crippen molar-refractivity contribution in [2.75, 3.05) is 18.1 Å². The van der Waals surface area contributed by atoms with Crippen molar-refractivity contribution in [2.45, 2.75) is 32.7 Å². The van der Waals surface area contributed by atoms with E-state index in [1.54, 1.807) is 31.2 Å². The Kier molecular flexibility index (Phi) is 8.55. The number of Topliss-reactive ketones (excluding diaryl/α,β-unsaturated/α-hetero) is 1. The highest BCUT2D eigenvalue weighted by Gasteiger charge is 2.48. The summed E-state index contributed by atoms with van der Waals surface area (Å²) in [5, 5.41) is 11.3. The second-order valence-corrected chi connectivity index (χ2v) is 9.72. The van der Waals surface area contributed by atoms with E-state index >= 15 is 0 Å². The molecule has 2 heterocycles. The molecule has 4 rings (SSSR count). The van der Waals surface area contributed by atoms with Crippen LogP contribution in [-0.4, -0.2) is 41.0 Å². The lowest BCUT2D eigenvalue weighted by atomic mass is 9.95. The van der Waals surface area contributed by atoms with E-state index in [2.05, 4.69) is 18.5 Å². The molecule has 10 heteroatoms. The summed E-state index contributed by atoms with van der Waals surface area (Å²) in [7, 11) is 0. The van der Waals surface area contributed by atoms with Crippen molar-refractivity contribution < 1.29 is 33.4 Å². The fourth-order valence-electron chi connectivity index (χ4n) is 4.06. The molecular weight excluding hydrogens is 523 g/mol. The first kappa shape index (κ1) is 27.7. The fourth-order valence-corrected chi connectivity index (χ4v) is 5.05. The van der Waals surface area contributed by atoms with E-state index in [4.69, 9.17) is 9.47 Å². The van der Waals surface area contributed by atoms with Crippen LogP contribution in [0, 0.1) is 12.7 Å². The van der Waals surface area contributed by atoms with Gasteiger partial charge in [0.05, 0.1) is 23.9 Å². The third-order valence-corrected chi connectivity index (χ3v) is 7.17. The number of hydrogen-bond acceptors (Lipinski definition) is 8. The van der Waals surface area contributed by atoms with E-state index in [0.717, 1.165) is 29.1 Å². The molecule has 0 saturated carbocycles. The molecule has 2 aromatic carbocycles. The lowest BCUT2D eigenvalue weighted by Gasteiger charge is -2.23. The number of amides is 1. The van der Waals surface area contributed by atoms with E-state index in [-0.39, 0.29) is 22.2 Å². The Balaban J connectivity index is 1.79. The van der Waals surface area contributed by atoms with E-state index in [9.17, 15) is 23.9 Å². The topological polar surface area (TPSA) is 106 Å². The molecule has 39 heavy (non-hydrogen) atoms. The normalized spacial score (nSPS) is 16.4. The van der Waals surface area contributed by atoms with Crippen LogP contribution in [0.2, 0.25) is 0 Å². The number of aliphatic hydroxyl groups is 1. The van der Waals surface area contributed by atoms with Crippen LogP contribution < -0.4 is 9.64 Å². The number of hydrogen-bond donors (Lipinski definition) is 1. The number of unbranched alkanes of at least 4 members (excludes halogenated alkanes) is 1. The SMILES string of the molecule is C=CCOC(=O)c1sc(N2C(=O)C(=O)C(=C(O)c3ccc(OCCCC)cc3)[C@@H]2c2ccc(F)cc2)nc1C. The predicted molar refractivity (Wildman–Crippen MR) is 145 cm³/mol. The number of benzene rings is 2. The van der Waals surface area contributed by atoms with Gasteiger partial charge in [0, 0.05) is 5.56 Å². The molecule has 0 spiro atoms. The van der Waals surface area contributed by atoms with Crippen LogP contribution in [-0.2, 0) is 14.3 Å². The first-order valence-corrected chi connectivity index (χ1v) is 13.1.